The zero-order chi connectivity index (χ0) is 18.9. The summed E-state index contributed by atoms with van der Waals surface area (Å²) in [6, 6.07) is 0. The molecule has 8 heteroatoms. The number of hydrogen-bond acceptors (Lipinski definition) is 7. The second-order valence-corrected chi connectivity index (χ2v) is 7.96. The first kappa shape index (κ1) is 18.8. The molecule has 0 unspecified atom stereocenters. The summed E-state index contributed by atoms with van der Waals surface area (Å²) in [5.41, 5.74) is -1.27. The van der Waals surface area contributed by atoms with Crippen molar-refractivity contribution in [1.29, 1.82) is 0 Å². The van der Waals surface area contributed by atoms with Crippen LogP contribution in [0.4, 0.5) is 11.8 Å². The third-order valence-electron chi connectivity index (χ3n) is 5.23. The topological polar surface area (TPSA) is 99.0 Å². The van der Waals surface area contributed by atoms with Crippen LogP contribution < -0.4 is 9.80 Å². The van der Waals surface area contributed by atoms with E-state index in [9.17, 15) is 15.0 Å². The Labute approximate surface area is 153 Å². The summed E-state index contributed by atoms with van der Waals surface area (Å²) in [5, 5.41) is 20.0. The van der Waals surface area contributed by atoms with Gasteiger partial charge in [0.05, 0.1) is 24.2 Å². The van der Waals surface area contributed by atoms with E-state index in [4.69, 9.17) is 9.72 Å². The summed E-state index contributed by atoms with van der Waals surface area (Å²) in [6.07, 6.45) is 3.25. The van der Waals surface area contributed by atoms with Gasteiger partial charge in [0.15, 0.2) is 0 Å². The molecular formula is C18H28N4O4. The van der Waals surface area contributed by atoms with Crippen LogP contribution in [0.2, 0.25) is 0 Å². The van der Waals surface area contributed by atoms with Crippen LogP contribution in [0.15, 0.2) is 6.20 Å². The fourth-order valence-electron chi connectivity index (χ4n) is 3.48. The molecule has 0 bridgehead atoms. The van der Waals surface area contributed by atoms with E-state index >= 15 is 0 Å². The first-order valence-electron chi connectivity index (χ1n) is 9.12. The van der Waals surface area contributed by atoms with Gasteiger partial charge in [0.1, 0.15) is 5.82 Å². The Hall–Kier alpha value is -1.93. The zero-order valence-corrected chi connectivity index (χ0v) is 15.7. The molecule has 144 valence electrons. The lowest BCUT2D eigenvalue weighted by Gasteiger charge is -2.38. The molecule has 3 heterocycles. The molecule has 0 saturated carbocycles. The van der Waals surface area contributed by atoms with Crippen LogP contribution in [-0.2, 0) is 14.9 Å². The largest absolute Gasteiger partial charge is 0.481 e. The van der Waals surface area contributed by atoms with Crippen LogP contribution in [0.5, 0.6) is 0 Å². The summed E-state index contributed by atoms with van der Waals surface area (Å²) in [4.78, 5) is 25.0. The van der Waals surface area contributed by atoms with Gasteiger partial charge in [0, 0.05) is 37.9 Å². The Morgan fingerprint density at radius 3 is 2.58 bits per heavy atom. The van der Waals surface area contributed by atoms with E-state index in [0.29, 0.717) is 50.2 Å². The smallest absolute Gasteiger partial charge is 0.313 e. The number of nitrogens with zero attached hydrogens (tertiary/aromatic N) is 4. The van der Waals surface area contributed by atoms with E-state index in [1.54, 1.807) is 20.0 Å². The molecule has 0 spiro atoms. The Morgan fingerprint density at radius 1 is 1.27 bits per heavy atom. The van der Waals surface area contributed by atoms with Crippen LogP contribution in [0.3, 0.4) is 0 Å². The molecule has 3 rings (SSSR count). The number of aliphatic carboxylic acids is 1. The van der Waals surface area contributed by atoms with Crippen molar-refractivity contribution in [3.05, 3.63) is 11.8 Å². The van der Waals surface area contributed by atoms with Gasteiger partial charge in [-0.25, -0.2) is 4.98 Å². The highest BCUT2D eigenvalue weighted by atomic mass is 16.5. The first-order chi connectivity index (χ1) is 12.2. The third kappa shape index (κ3) is 3.76. The van der Waals surface area contributed by atoms with Crippen LogP contribution >= 0.6 is 0 Å². The fraction of sp³-hybridized carbons (Fsp3) is 0.722. The van der Waals surface area contributed by atoms with Crippen molar-refractivity contribution in [3.8, 4) is 0 Å². The summed E-state index contributed by atoms with van der Waals surface area (Å²) < 4.78 is 5.42. The molecule has 26 heavy (non-hydrogen) atoms. The molecule has 0 radical (unpaired) electrons. The van der Waals surface area contributed by atoms with Crippen molar-refractivity contribution in [3.63, 3.8) is 0 Å². The molecule has 2 saturated heterocycles. The Kier molecular flexibility index (Phi) is 5.07. The van der Waals surface area contributed by atoms with Crippen LogP contribution in [-0.4, -0.2) is 71.1 Å². The minimum atomic E-state index is -1.10. The van der Waals surface area contributed by atoms with Gasteiger partial charge in [-0.15, -0.1) is 0 Å². The highest BCUT2D eigenvalue weighted by Crippen LogP contribution is 2.33. The average Bonchev–Trinajstić information content (AvgIpc) is 2.61. The van der Waals surface area contributed by atoms with Gasteiger partial charge in [-0.3, -0.25) is 4.79 Å². The zero-order valence-electron chi connectivity index (χ0n) is 15.7. The lowest BCUT2D eigenvalue weighted by Crippen LogP contribution is -2.47. The summed E-state index contributed by atoms with van der Waals surface area (Å²) in [7, 11) is 0. The van der Waals surface area contributed by atoms with Gasteiger partial charge in [-0.2, -0.15) is 4.98 Å². The van der Waals surface area contributed by atoms with E-state index < -0.39 is 17.0 Å². The summed E-state index contributed by atoms with van der Waals surface area (Å²) in [6.45, 7) is 8.91. The molecule has 2 fully saturated rings. The quantitative estimate of drug-likeness (QED) is 0.817. The molecule has 2 aliphatic rings. The number of ether oxygens (including phenoxy) is 1. The molecule has 2 aliphatic heterocycles. The van der Waals surface area contributed by atoms with Gasteiger partial charge in [-0.1, -0.05) is 0 Å². The molecule has 1 atom stereocenters. The van der Waals surface area contributed by atoms with Crippen molar-refractivity contribution in [2.45, 2.75) is 44.6 Å². The maximum atomic E-state index is 11.8. The number of β-amino-alcohol motifs (C(OH)–C–C–N with tert-alkyl or cyclic N) is 1. The fourth-order valence-corrected chi connectivity index (χ4v) is 3.48. The van der Waals surface area contributed by atoms with Gasteiger partial charge < -0.3 is 24.7 Å². The second-order valence-electron chi connectivity index (χ2n) is 7.96. The summed E-state index contributed by atoms with van der Waals surface area (Å²) in [5.74, 6) is 0.275. The Bertz CT molecular complexity index is 671. The number of rotatable bonds is 4. The maximum Gasteiger partial charge on any atom is 0.313 e. The molecule has 0 aromatic carbocycles. The molecular weight excluding hydrogens is 336 g/mol. The van der Waals surface area contributed by atoms with Crippen molar-refractivity contribution in [2.24, 2.45) is 0 Å². The number of anilines is 2. The number of carbonyl (C=O) groups is 1. The second kappa shape index (κ2) is 7.00. The molecule has 0 aliphatic carbocycles. The third-order valence-corrected chi connectivity index (χ3v) is 5.23. The van der Waals surface area contributed by atoms with E-state index in [1.165, 1.54) is 0 Å². The standard InChI is InChI=1S/C18H28N4O4/c1-17(2,15(23)24)13-11-19-16(22-6-4-5-18(3,25)12-22)20-14(13)21-7-9-26-10-8-21/h11,25H,4-10,12H2,1-3H3,(H,23,24)/t18-/m0/s1. The molecule has 2 N–H and O–H groups in total. The minimum Gasteiger partial charge on any atom is -0.481 e. The lowest BCUT2D eigenvalue weighted by molar-refractivity contribution is -0.142. The van der Waals surface area contributed by atoms with Gasteiger partial charge in [-0.05, 0) is 33.6 Å². The SMILES string of the molecule is CC(C)(C(=O)O)c1cnc(N2CCC[C@](C)(O)C2)nc1N1CCOCC1. The Balaban J connectivity index is 2.00. The highest BCUT2D eigenvalue weighted by Gasteiger charge is 2.36. The number of piperidine rings is 1. The summed E-state index contributed by atoms with van der Waals surface area (Å²) >= 11 is 0. The number of aromatic nitrogens is 2. The van der Waals surface area contributed by atoms with Gasteiger partial charge >= 0.3 is 5.97 Å². The van der Waals surface area contributed by atoms with Crippen LogP contribution in [0.25, 0.3) is 0 Å². The van der Waals surface area contributed by atoms with E-state index in [0.717, 1.165) is 19.4 Å². The Morgan fingerprint density at radius 2 is 1.96 bits per heavy atom. The van der Waals surface area contributed by atoms with E-state index in [2.05, 4.69) is 9.88 Å². The number of carboxylic acid groups (broad SMARTS) is 1. The predicted molar refractivity (Wildman–Crippen MR) is 97.8 cm³/mol. The lowest BCUT2D eigenvalue weighted by atomic mass is 9.85. The number of aliphatic hydroxyl groups is 1. The number of carboxylic acids is 1. The van der Waals surface area contributed by atoms with E-state index in [-0.39, 0.29) is 0 Å². The minimum absolute atomic E-state index is 0.469. The van der Waals surface area contributed by atoms with Crippen molar-refractivity contribution in [2.75, 3.05) is 49.2 Å². The normalized spacial score (nSPS) is 24.6. The number of morpholine rings is 1. The molecule has 1 aromatic heterocycles. The highest BCUT2D eigenvalue weighted by molar-refractivity contribution is 5.82. The predicted octanol–water partition coefficient (Wildman–Crippen LogP) is 1.03. The van der Waals surface area contributed by atoms with Crippen LogP contribution in [0, 0.1) is 0 Å². The van der Waals surface area contributed by atoms with E-state index in [1.807, 2.05) is 11.8 Å². The molecule has 1 aromatic rings. The number of hydrogen-bond donors (Lipinski definition) is 2. The van der Waals surface area contributed by atoms with Crippen LogP contribution in [0.1, 0.15) is 39.2 Å². The van der Waals surface area contributed by atoms with Crippen molar-refractivity contribution in [1.82, 2.24) is 9.97 Å². The first-order valence-corrected chi connectivity index (χ1v) is 9.12. The molecule has 0 amide bonds. The van der Waals surface area contributed by atoms with Gasteiger partial charge in [0.2, 0.25) is 5.95 Å². The van der Waals surface area contributed by atoms with Crippen molar-refractivity contribution >= 4 is 17.7 Å². The maximum absolute atomic E-state index is 11.8. The van der Waals surface area contributed by atoms with Gasteiger partial charge in [0.25, 0.3) is 0 Å². The average molecular weight is 364 g/mol. The van der Waals surface area contributed by atoms with Crippen molar-refractivity contribution < 1.29 is 19.7 Å². The monoisotopic (exact) mass is 364 g/mol. The molecule has 8 nitrogen and oxygen atoms in total.